The van der Waals surface area contributed by atoms with Gasteiger partial charge in [-0.05, 0) is 73.9 Å². The van der Waals surface area contributed by atoms with Crippen LogP contribution in [-0.2, 0) is 16.1 Å². The minimum atomic E-state index is -0.979. The largest absolute Gasteiger partial charge is 0.339 e. The Kier molecular flexibility index (Phi) is 11.5. The molecule has 1 aromatic carbocycles. The van der Waals surface area contributed by atoms with Crippen LogP contribution >= 0.6 is 11.5 Å². The molecule has 1 aliphatic heterocycles. The lowest BCUT2D eigenvalue weighted by atomic mass is 9.79. The molecule has 13 nitrogen and oxygen atoms in total. The van der Waals surface area contributed by atoms with Crippen molar-refractivity contribution in [1.82, 2.24) is 39.8 Å². The molecule has 3 aromatic rings. The van der Waals surface area contributed by atoms with E-state index in [1.54, 1.807) is 34.8 Å². The van der Waals surface area contributed by atoms with E-state index in [1.807, 2.05) is 14.0 Å². The summed E-state index contributed by atoms with van der Waals surface area (Å²) in [7, 11) is 1.98. The number of rotatable bonds is 11. The fraction of sp³-hybridized carbons (Fsp3) is 0.545. The maximum Gasteiger partial charge on any atom is 0.270 e. The van der Waals surface area contributed by atoms with E-state index in [0.717, 1.165) is 37.2 Å². The van der Waals surface area contributed by atoms with Crippen LogP contribution in [0.4, 0.5) is 10.1 Å². The summed E-state index contributed by atoms with van der Waals surface area (Å²) in [6.45, 7) is 8.72. The van der Waals surface area contributed by atoms with Gasteiger partial charge in [0.25, 0.3) is 11.8 Å². The maximum absolute atomic E-state index is 15.7. The van der Waals surface area contributed by atoms with E-state index in [2.05, 4.69) is 42.5 Å². The number of amides is 4. The molecule has 2 aromatic heterocycles. The Labute approximate surface area is 283 Å². The number of benzene rings is 1. The van der Waals surface area contributed by atoms with Crippen molar-refractivity contribution < 1.29 is 23.6 Å². The van der Waals surface area contributed by atoms with Gasteiger partial charge in [-0.25, -0.2) is 4.39 Å². The highest BCUT2D eigenvalue weighted by Gasteiger charge is 2.35. The van der Waals surface area contributed by atoms with E-state index < -0.39 is 41.5 Å². The molecular weight excluding hydrogens is 637 g/mol. The van der Waals surface area contributed by atoms with Crippen molar-refractivity contribution in [2.45, 2.75) is 71.0 Å². The van der Waals surface area contributed by atoms with Crippen molar-refractivity contribution in [3.8, 4) is 0 Å². The number of carbonyl (C=O) groups is 4. The van der Waals surface area contributed by atoms with Crippen LogP contribution in [0.3, 0.4) is 0 Å². The standard InChI is InChI=1S/C33H44FN9O4S/c1-5-43-26(12-13-36-43)30(44)39-29(22-8-6-20(2)7-9-22)32(46)37-25-11-10-23(18-24(25)34)21(3)28(38-31(45)27-19-35-40-48-27)33(47)42-16-14-41(4)15-17-42/h10-13,18-22,28-29H,5-9,14-17H2,1-4H3,(H,37,46)(H,38,45)(H,39,44)/t20-,21-,22-,28+,29-/m0/s1. The highest BCUT2D eigenvalue weighted by Crippen LogP contribution is 2.32. The summed E-state index contributed by atoms with van der Waals surface area (Å²) < 4.78 is 21.0. The minimum Gasteiger partial charge on any atom is -0.339 e. The summed E-state index contributed by atoms with van der Waals surface area (Å²) in [5, 5.41) is 16.3. The number of hydrogen-bond donors (Lipinski definition) is 3. The molecule has 4 amide bonds. The lowest BCUT2D eigenvalue weighted by Crippen LogP contribution is -2.55. The van der Waals surface area contributed by atoms with Gasteiger partial charge in [0.1, 0.15) is 28.5 Å². The molecule has 5 rings (SSSR count). The maximum atomic E-state index is 15.7. The summed E-state index contributed by atoms with van der Waals surface area (Å²) in [6, 6.07) is 4.14. The number of likely N-dealkylation sites (N-methyl/N-ethyl adjacent to an activating group) is 1. The topological polar surface area (TPSA) is 154 Å². The number of nitrogens with one attached hydrogen (secondary N) is 3. The molecule has 0 unspecified atom stereocenters. The highest BCUT2D eigenvalue weighted by atomic mass is 32.1. The Bertz CT molecular complexity index is 1580. The Hall–Kier alpha value is -4.24. The van der Waals surface area contributed by atoms with Crippen LogP contribution in [0.1, 0.15) is 78.1 Å². The predicted molar refractivity (Wildman–Crippen MR) is 179 cm³/mol. The zero-order chi connectivity index (χ0) is 34.4. The van der Waals surface area contributed by atoms with E-state index in [-0.39, 0.29) is 22.4 Å². The molecular formula is C33H44FN9O4S. The van der Waals surface area contributed by atoms with Gasteiger partial charge in [-0.3, -0.25) is 23.9 Å². The third-order valence-electron chi connectivity index (χ3n) is 9.58. The Morgan fingerprint density at radius 2 is 1.75 bits per heavy atom. The van der Waals surface area contributed by atoms with E-state index in [9.17, 15) is 19.2 Å². The second-order valence-corrected chi connectivity index (χ2v) is 13.7. The molecule has 0 bridgehead atoms. The van der Waals surface area contributed by atoms with Crippen molar-refractivity contribution in [1.29, 1.82) is 0 Å². The number of nitrogens with zero attached hydrogens (tertiary/aromatic N) is 6. The fourth-order valence-electron chi connectivity index (χ4n) is 6.43. The van der Waals surface area contributed by atoms with Crippen LogP contribution in [0.15, 0.2) is 36.7 Å². The van der Waals surface area contributed by atoms with Crippen LogP contribution in [0.5, 0.6) is 0 Å². The zero-order valence-electron chi connectivity index (χ0n) is 27.8. The summed E-state index contributed by atoms with van der Waals surface area (Å²) in [5.41, 5.74) is 0.780. The molecule has 2 fully saturated rings. The molecule has 3 N–H and O–H groups in total. The molecule has 0 radical (unpaired) electrons. The second kappa shape index (κ2) is 15.8. The first-order chi connectivity index (χ1) is 23.0. The monoisotopic (exact) mass is 681 g/mol. The smallest absolute Gasteiger partial charge is 0.270 e. The molecule has 1 saturated carbocycles. The van der Waals surface area contributed by atoms with Gasteiger partial charge in [0, 0.05) is 44.8 Å². The minimum absolute atomic E-state index is 0.0420. The predicted octanol–water partition coefficient (Wildman–Crippen LogP) is 3.13. The third-order valence-corrected chi connectivity index (χ3v) is 10.2. The van der Waals surface area contributed by atoms with E-state index in [4.69, 9.17) is 0 Å². The van der Waals surface area contributed by atoms with Crippen molar-refractivity contribution in [3.63, 3.8) is 0 Å². The number of aromatic nitrogens is 4. The van der Waals surface area contributed by atoms with Crippen molar-refractivity contribution >= 4 is 40.8 Å². The first-order valence-corrected chi connectivity index (χ1v) is 17.3. The van der Waals surface area contributed by atoms with Gasteiger partial charge in [0.05, 0.1) is 11.9 Å². The van der Waals surface area contributed by atoms with Crippen LogP contribution in [0.25, 0.3) is 0 Å². The Morgan fingerprint density at radius 3 is 2.40 bits per heavy atom. The normalized spacial score (nSPS) is 20.4. The van der Waals surface area contributed by atoms with Gasteiger partial charge < -0.3 is 25.8 Å². The van der Waals surface area contributed by atoms with Crippen molar-refractivity contribution in [2.24, 2.45) is 11.8 Å². The van der Waals surface area contributed by atoms with Gasteiger partial charge in [-0.1, -0.05) is 37.2 Å². The van der Waals surface area contributed by atoms with Gasteiger partial charge in [0.2, 0.25) is 11.8 Å². The molecule has 1 saturated heterocycles. The Balaban J connectivity index is 1.34. The van der Waals surface area contributed by atoms with Gasteiger partial charge in [-0.15, -0.1) is 5.10 Å². The highest BCUT2D eigenvalue weighted by molar-refractivity contribution is 7.07. The van der Waals surface area contributed by atoms with Crippen LogP contribution in [0.2, 0.25) is 0 Å². The summed E-state index contributed by atoms with van der Waals surface area (Å²) >= 11 is 0.920. The van der Waals surface area contributed by atoms with Gasteiger partial charge >= 0.3 is 0 Å². The van der Waals surface area contributed by atoms with E-state index in [0.29, 0.717) is 49.9 Å². The van der Waals surface area contributed by atoms with Crippen molar-refractivity contribution in [2.75, 3.05) is 38.5 Å². The molecule has 0 spiro atoms. The second-order valence-electron chi connectivity index (χ2n) is 12.9. The molecule has 15 heteroatoms. The SMILES string of the molecule is CCn1nccc1C(=O)N[C@H](C(=O)Nc1ccc([C@H](C)[C@@H](NC(=O)c2cnns2)C(=O)N2CCN(C)CC2)cc1F)[C@H]1CC[C@H](C)CC1. The number of carbonyl (C=O) groups excluding carboxylic acids is 4. The molecule has 3 heterocycles. The zero-order valence-corrected chi connectivity index (χ0v) is 28.6. The quantitative estimate of drug-likeness (QED) is 0.279. The van der Waals surface area contributed by atoms with Gasteiger partial charge in [-0.2, -0.15) is 5.10 Å². The van der Waals surface area contributed by atoms with Crippen LogP contribution < -0.4 is 16.0 Å². The first kappa shape index (κ1) is 35.1. The third kappa shape index (κ3) is 8.24. The number of hydrogen-bond acceptors (Lipinski definition) is 9. The molecule has 1 aliphatic carbocycles. The molecule has 48 heavy (non-hydrogen) atoms. The number of piperazine rings is 1. The summed E-state index contributed by atoms with van der Waals surface area (Å²) in [5.74, 6) is -2.54. The van der Waals surface area contributed by atoms with Crippen LogP contribution in [0, 0.1) is 17.7 Å². The van der Waals surface area contributed by atoms with Crippen molar-refractivity contribution in [3.05, 3.63) is 58.6 Å². The van der Waals surface area contributed by atoms with E-state index in [1.165, 1.54) is 18.3 Å². The average molecular weight is 682 g/mol. The summed E-state index contributed by atoms with van der Waals surface area (Å²) in [6.07, 6.45) is 6.26. The Morgan fingerprint density at radius 1 is 1.02 bits per heavy atom. The first-order valence-electron chi connectivity index (χ1n) is 16.5. The van der Waals surface area contributed by atoms with Gasteiger partial charge in [0.15, 0.2) is 0 Å². The molecule has 258 valence electrons. The average Bonchev–Trinajstić information content (AvgIpc) is 3.80. The van der Waals surface area contributed by atoms with Crippen LogP contribution in [-0.4, -0.2) is 98.1 Å². The number of halogens is 1. The number of aryl methyl sites for hydroxylation is 1. The molecule has 3 atom stereocenters. The van der Waals surface area contributed by atoms with E-state index >= 15 is 4.39 Å². The lowest BCUT2D eigenvalue weighted by Gasteiger charge is -2.36. The number of anilines is 1. The molecule has 2 aliphatic rings. The fourth-order valence-corrected chi connectivity index (χ4v) is 6.85. The lowest BCUT2D eigenvalue weighted by molar-refractivity contribution is -0.135. The summed E-state index contributed by atoms with van der Waals surface area (Å²) in [4.78, 5) is 57.8.